The van der Waals surface area contributed by atoms with Gasteiger partial charge in [-0.05, 0) is 56.4 Å². The third kappa shape index (κ3) is 5.92. The van der Waals surface area contributed by atoms with Crippen LogP contribution < -0.4 is 15.5 Å². The maximum Gasteiger partial charge on any atom is 0.224 e. The third-order valence-corrected chi connectivity index (χ3v) is 5.68. The Labute approximate surface area is 198 Å². The lowest BCUT2D eigenvalue weighted by Crippen LogP contribution is -2.24. The molecule has 6 nitrogen and oxygen atoms in total. The second kappa shape index (κ2) is 10.5. The number of rotatable bonds is 9. The molecule has 0 unspecified atom stereocenters. The summed E-state index contributed by atoms with van der Waals surface area (Å²) < 4.78 is 7.69. The van der Waals surface area contributed by atoms with E-state index >= 15 is 0 Å². The Bertz CT molecular complexity index is 1290. The van der Waals surface area contributed by atoms with E-state index in [1.54, 1.807) is 18.5 Å². The van der Waals surface area contributed by atoms with E-state index in [0.29, 0.717) is 23.1 Å². The van der Waals surface area contributed by atoms with Crippen molar-refractivity contribution in [1.29, 1.82) is 0 Å². The molecule has 0 aliphatic heterocycles. The molecule has 170 valence electrons. The lowest BCUT2D eigenvalue weighted by Gasteiger charge is -2.19. The predicted molar refractivity (Wildman–Crippen MR) is 134 cm³/mol. The smallest absolute Gasteiger partial charge is 0.224 e. The number of hydrogen-bond acceptors (Lipinski definition) is 5. The van der Waals surface area contributed by atoms with Crippen molar-refractivity contribution in [3.8, 4) is 11.5 Å². The maximum absolute atomic E-state index is 12.5. The molecule has 2 heterocycles. The number of para-hydroxylation sites is 1. The van der Waals surface area contributed by atoms with Crippen LogP contribution in [0.2, 0.25) is 5.02 Å². The standard InChI is InChI=1S/C26H27ClN4O2/c1-30(14-6-12-28-23-11-13-29-24-15-19(27)9-10-22(23)24)17-20-16-25(32)26(18-31(20)2)33-21-7-4-3-5-8-21/h3-5,7-11,13,15-16,18H,6,12,14,17H2,1-2H3,(H,28,29). The number of ether oxygens (including phenoxy) is 1. The Balaban J connectivity index is 1.31. The van der Waals surface area contributed by atoms with Crippen LogP contribution in [0.15, 0.2) is 77.9 Å². The van der Waals surface area contributed by atoms with Crippen molar-refractivity contribution in [2.75, 3.05) is 25.5 Å². The number of anilines is 1. The number of aromatic nitrogens is 2. The van der Waals surface area contributed by atoms with Gasteiger partial charge in [-0.25, -0.2) is 0 Å². The molecule has 0 radical (unpaired) electrons. The second-order valence-electron chi connectivity index (χ2n) is 8.06. The van der Waals surface area contributed by atoms with Crippen molar-refractivity contribution in [3.05, 3.63) is 94.0 Å². The molecule has 0 bridgehead atoms. The van der Waals surface area contributed by atoms with E-state index in [2.05, 4.69) is 22.2 Å². The van der Waals surface area contributed by atoms with Gasteiger partial charge in [0, 0.05) is 54.2 Å². The average Bonchev–Trinajstić information content (AvgIpc) is 2.80. The number of benzene rings is 2. The minimum absolute atomic E-state index is 0.119. The maximum atomic E-state index is 12.5. The fourth-order valence-corrected chi connectivity index (χ4v) is 3.87. The molecule has 0 saturated carbocycles. The van der Waals surface area contributed by atoms with Crippen LogP contribution in [-0.2, 0) is 13.6 Å². The van der Waals surface area contributed by atoms with Crippen LogP contribution in [-0.4, -0.2) is 34.6 Å². The zero-order valence-electron chi connectivity index (χ0n) is 18.8. The first-order valence-electron chi connectivity index (χ1n) is 10.9. The van der Waals surface area contributed by atoms with Gasteiger partial charge in [-0.2, -0.15) is 0 Å². The normalized spacial score (nSPS) is 11.2. The molecular formula is C26H27ClN4O2. The summed E-state index contributed by atoms with van der Waals surface area (Å²) in [5.74, 6) is 0.974. The first-order valence-corrected chi connectivity index (χ1v) is 11.3. The molecule has 2 aromatic carbocycles. The van der Waals surface area contributed by atoms with Crippen LogP contribution >= 0.6 is 11.6 Å². The molecule has 0 spiro atoms. The SMILES string of the molecule is CN(CCCNc1ccnc2cc(Cl)ccc12)Cc1cc(=O)c(Oc2ccccc2)cn1C. The van der Waals surface area contributed by atoms with E-state index < -0.39 is 0 Å². The molecule has 33 heavy (non-hydrogen) atoms. The summed E-state index contributed by atoms with van der Waals surface area (Å²) in [6.07, 6.45) is 4.50. The number of nitrogens with zero attached hydrogens (tertiary/aromatic N) is 3. The topological polar surface area (TPSA) is 59.4 Å². The van der Waals surface area contributed by atoms with Gasteiger partial charge in [0.15, 0.2) is 5.75 Å². The van der Waals surface area contributed by atoms with Gasteiger partial charge in [-0.15, -0.1) is 0 Å². The molecule has 0 aliphatic rings. The van der Waals surface area contributed by atoms with E-state index in [0.717, 1.165) is 41.8 Å². The number of pyridine rings is 2. The van der Waals surface area contributed by atoms with Crippen LogP contribution in [0.3, 0.4) is 0 Å². The number of aryl methyl sites for hydroxylation is 1. The lowest BCUT2D eigenvalue weighted by atomic mass is 10.2. The van der Waals surface area contributed by atoms with Crippen LogP contribution in [0.1, 0.15) is 12.1 Å². The minimum atomic E-state index is -0.119. The number of fused-ring (bicyclic) bond motifs is 1. The minimum Gasteiger partial charge on any atom is -0.452 e. The summed E-state index contributed by atoms with van der Waals surface area (Å²) in [6, 6.07) is 18.7. The second-order valence-corrected chi connectivity index (χ2v) is 8.49. The summed E-state index contributed by atoms with van der Waals surface area (Å²) in [6.45, 7) is 2.39. The van der Waals surface area contributed by atoms with Gasteiger partial charge < -0.3 is 19.5 Å². The zero-order chi connectivity index (χ0) is 23.2. The Morgan fingerprint density at radius 2 is 1.94 bits per heavy atom. The highest BCUT2D eigenvalue weighted by atomic mass is 35.5. The summed E-state index contributed by atoms with van der Waals surface area (Å²) in [7, 11) is 3.99. The van der Waals surface area contributed by atoms with E-state index in [9.17, 15) is 4.79 Å². The third-order valence-electron chi connectivity index (χ3n) is 5.44. The predicted octanol–water partition coefficient (Wildman–Crippen LogP) is 5.31. The molecule has 0 saturated heterocycles. The zero-order valence-corrected chi connectivity index (χ0v) is 19.5. The van der Waals surface area contributed by atoms with E-state index in [1.807, 2.05) is 66.2 Å². The Hall–Kier alpha value is -3.35. The van der Waals surface area contributed by atoms with Crippen molar-refractivity contribution in [2.45, 2.75) is 13.0 Å². The Morgan fingerprint density at radius 1 is 1.12 bits per heavy atom. The summed E-state index contributed by atoms with van der Waals surface area (Å²) in [4.78, 5) is 19.1. The van der Waals surface area contributed by atoms with Gasteiger partial charge in [0.25, 0.3) is 0 Å². The van der Waals surface area contributed by atoms with Gasteiger partial charge in [0.1, 0.15) is 5.75 Å². The largest absolute Gasteiger partial charge is 0.452 e. The number of halogens is 1. The average molecular weight is 463 g/mol. The van der Waals surface area contributed by atoms with Gasteiger partial charge in [0.2, 0.25) is 5.43 Å². The molecule has 0 aliphatic carbocycles. The van der Waals surface area contributed by atoms with Crippen molar-refractivity contribution >= 4 is 28.2 Å². The quantitative estimate of drug-likeness (QED) is 0.341. The lowest BCUT2D eigenvalue weighted by molar-refractivity contribution is 0.316. The molecule has 0 amide bonds. The van der Waals surface area contributed by atoms with Gasteiger partial charge >= 0.3 is 0 Å². The Kier molecular flexibility index (Phi) is 7.27. The Morgan fingerprint density at radius 3 is 2.76 bits per heavy atom. The van der Waals surface area contributed by atoms with Crippen molar-refractivity contribution in [1.82, 2.24) is 14.5 Å². The van der Waals surface area contributed by atoms with Gasteiger partial charge in [-0.1, -0.05) is 29.8 Å². The van der Waals surface area contributed by atoms with E-state index in [4.69, 9.17) is 16.3 Å². The molecule has 2 aromatic heterocycles. The number of hydrogen-bond donors (Lipinski definition) is 1. The molecule has 7 heteroatoms. The van der Waals surface area contributed by atoms with E-state index in [1.165, 1.54) is 0 Å². The van der Waals surface area contributed by atoms with Crippen LogP contribution in [0, 0.1) is 0 Å². The molecule has 4 aromatic rings. The highest BCUT2D eigenvalue weighted by Crippen LogP contribution is 2.24. The van der Waals surface area contributed by atoms with Crippen molar-refractivity contribution in [3.63, 3.8) is 0 Å². The van der Waals surface area contributed by atoms with Crippen LogP contribution in [0.25, 0.3) is 10.9 Å². The summed E-state index contributed by atoms with van der Waals surface area (Å²) >= 11 is 6.07. The molecule has 1 N–H and O–H groups in total. The summed E-state index contributed by atoms with van der Waals surface area (Å²) in [5, 5.41) is 5.24. The summed E-state index contributed by atoms with van der Waals surface area (Å²) in [5.41, 5.74) is 2.75. The molecular weight excluding hydrogens is 436 g/mol. The highest BCUT2D eigenvalue weighted by molar-refractivity contribution is 6.31. The molecule has 0 atom stereocenters. The first-order chi connectivity index (χ1) is 16.0. The first kappa shape index (κ1) is 22.8. The van der Waals surface area contributed by atoms with Crippen molar-refractivity contribution < 1.29 is 4.74 Å². The van der Waals surface area contributed by atoms with Gasteiger partial charge in [-0.3, -0.25) is 9.78 Å². The fraction of sp³-hybridized carbons (Fsp3) is 0.231. The monoisotopic (exact) mass is 462 g/mol. The van der Waals surface area contributed by atoms with Gasteiger partial charge in [0.05, 0.1) is 11.7 Å². The highest BCUT2D eigenvalue weighted by Gasteiger charge is 2.09. The van der Waals surface area contributed by atoms with Crippen molar-refractivity contribution in [2.24, 2.45) is 7.05 Å². The molecule has 4 rings (SSSR count). The van der Waals surface area contributed by atoms with E-state index in [-0.39, 0.29) is 5.43 Å². The number of nitrogens with one attached hydrogen (secondary N) is 1. The van der Waals surface area contributed by atoms with Crippen LogP contribution in [0.5, 0.6) is 11.5 Å². The molecule has 0 fully saturated rings. The fourth-order valence-electron chi connectivity index (χ4n) is 3.70. The van der Waals surface area contributed by atoms with Crippen LogP contribution in [0.4, 0.5) is 5.69 Å².